The zero-order chi connectivity index (χ0) is 15.2. The number of pyridine rings is 1. The minimum absolute atomic E-state index is 0.484. The maximum absolute atomic E-state index is 6.08. The van der Waals surface area contributed by atoms with Gasteiger partial charge in [0, 0.05) is 18.3 Å². The zero-order valence-electron chi connectivity index (χ0n) is 13.3. The third-order valence-corrected chi connectivity index (χ3v) is 3.50. The molecule has 1 aromatic carbocycles. The molecule has 0 atom stereocenters. The predicted molar refractivity (Wildman–Crippen MR) is 87.0 cm³/mol. The molecule has 1 heterocycles. The minimum Gasteiger partial charge on any atom is -0.438 e. The van der Waals surface area contributed by atoms with Crippen molar-refractivity contribution in [3.05, 3.63) is 53.2 Å². The molecule has 3 nitrogen and oxygen atoms in total. The summed E-state index contributed by atoms with van der Waals surface area (Å²) in [7, 11) is 0. The van der Waals surface area contributed by atoms with E-state index in [1.54, 1.807) is 6.20 Å². The molecule has 2 rings (SSSR count). The first-order valence-electron chi connectivity index (χ1n) is 7.54. The third-order valence-electron chi connectivity index (χ3n) is 3.50. The first kappa shape index (κ1) is 15.5. The lowest BCUT2D eigenvalue weighted by molar-refractivity contribution is 0.449. The number of aryl methyl sites for hydroxylation is 1. The maximum Gasteiger partial charge on any atom is 0.223 e. The predicted octanol–water partition coefficient (Wildman–Crippen LogP) is 4.42. The normalized spacial score (nSPS) is 10.9. The van der Waals surface area contributed by atoms with Crippen molar-refractivity contribution in [2.75, 3.05) is 6.54 Å². The Morgan fingerprint density at radius 3 is 2.76 bits per heavy atom. The van der Waals surface area contributed by atoms with Gasteiger partial charge in [0.2, 0.25) is 5.88 Å². The second kappa shape index (κ2) is 7.23. The fraction of sp³-hybridized carbons (Fsp3) is 0.389. The van der Waals surface area contributed by atoms with Gasteiger partial charge >= 0.3 is 0 Å². The van der Waals surface area contributed by atoms with Gasteiger partial charge in [-0.2, -0.15) is 0 Å². The lowest BCUT2D eigenvalue weighted by atomic mass is 10.0. The SMILES string of the molecule is CCNCc1cccnc1Oc1cc(C(C)C)ccc1C. The van der Waals surface area contributed by atoms with Crippen LogP contribution in [-0.2, 0) is 6.54 Å². The number of aromatic nitrogens is 1. The van der Waals surface area contributed by atoms with E-state index < -0.39 is 0 Å². The number of benzene rings is 1. The van der Waals surface area contributed by atoms with E-state index in [-0.39, 0.29) is 0 Å². The van der Waals surface area contributed by atoms with E-state index in [1.807, 2.05) is 12.1 Å². The molecule has 0 bridgehead atoms. The van der Waals surface area contributed by atoms with Crippen molar-refractivity contribution < 1.29 is 4.74 Å². The molecule has 2 aromatic rings. The van der Waals surface area contributed by atoms with Crippen molar-refractivity contribution >= 4 is 0 Å². The van der Waals surface area contributed by atoms with Crippen LogP contribution in [0.25, 0.3) is 0 Å². The Morgan fingerprint density at radius 1 is 1.24 bits per heavy atom. The Bertz CT molecular complexity index is 594. The average Bonchev–Trinajstić information content (AvgIpc) is 2.48. The van der Waals surface area contributed by atoms with Crippen LogP contribution in [0.2, 0.25) is 0 Å². The van der Waals surface area contributed by atoms with Gasteiger partial charge < -0.3 is 10.1 Å². The first-order valence-corrected chi connectivity index (χ1v) is 7.54. The van der Waals surface area contributed by atoms with E-state index in [0.717, 1.165) is 30.0 Å². The largest absolute Gasteiger partial charge is 0.438 e. The molecule has 0 spiro atoms. The van der Waals surface area contributed by atoms with Crippen molar-refractivity contribution in [3.63, 3.8) is 0 Å². The smallest absolute Gasteiger partial charge is 0.223 e. The van der Waals surface area contributed by atoms with Crippen LogP contribution in [0.4, 0.5) is 0 Å². The van der Waals surface area contributed by atoms with Gasteiger partial charge in [0.05, 0.1) is 0 Å². The standard InChI is InChI=1S/C18H24N2O/c1-5-19-12-16-7-6-10-20-18(16)21-17-11-15(13(2)3)9-8-14(17)4/h6-11,13,19H,5,12H2,1-4H3. The molecule has 0 aliphatic carbocycles. The summed E-state index contributed by atoms with van der Waals surface area (Å²) in [6.45, 7) is 10.2. The number of ether oxygens (including phenoxy) is 1. The van der Waals surface area contributed by atoms with Gasteiger partial charge in [-0.15, -0.1) is 0 Å². The molecule has 0 radical (unpaired) electrons. The van der Waals surface area contributed by atoms with Crippen LogP contribution in [0.1, 0.15) is 43.4 Å². The van der Waals surface area contributed by atoms with Gasteiger partial charge in [-0.25, -0.2) is 4.98 Å². The van der Waals surface area contributed by atoms with E-state index in [2.05, 4.69) is 56.2 Å². The highest BCUT2D eigenvalue weighted by molar-refractivity contribution is 5.41. The van der Waals surface area contributed by atoms with E-state index in [4.69, 9.17) is 4.74 Å². The maximum atomic E-state index is 6.08. The Labute approximate surface area is 127 Å². The number of hydrogen-bond acceptors (Lipinski definition) is 3. The molecule has 0 saturated heterocycles. The minimum atomic E-state index is 0.484. The Balaban J connectivity index is 2.27. The van der Waals surface area contributed by atoms with Crippen LogP contribution in [0.15, 0.2) is 36.5 Å². The van der Waals surface area contributed by atoms with Crippen LogP contribution in [0.5, 0.6) is 11.6 Å². The molecule has 1 N–H and O–H groups in total. The van der Waals surface area contributed by atoms with Gasteiger partial charge in [0.25, 0.3) is 0 Å². The van der Waals surface area contributed by atoms with Crippen molar-refractivity contribution in [2.45, 2.75) is 40.2 Å². The molecule has 3 heteroatoms. The Kier molecular flexibility index (Phi) is 5.34. The second-order valence-electron chi connectivity index (χ2n) is 5.53. The van der Waals surface area contributed by atoms with E-state index in [1.165, 1.54) is 5.56 Å². The monoisotopic (exact) mass is 284 g/mol. The number of nitrogens with zero attached hydrogens (tertiary/aromatic N) is 1. The summed E-state index contributed by atoms with van der Waals surface area (Å²) in [5.41, 5.74) is 3.48. The van der Waals surface area contributed by atoms with E-state index in [0.29, 0.717) is 11.8 Å². The van der Waals surface area contributed by atoms with Gasteiger partial charge in [-0.3, -0.25) is 0 Å². The highest BCUT2D eigenvalue weighted by Gasteiger charge is 2.09. The molecular formula is C18H24N2O. The van der Waals surface area contributed by atoms with Gasteiger partial charge in [0.15, 0.2) is 0 Å². The molecule has 1 aromatic heterocycles. The van der Waals surface area contributed by atoms with Crippen LogP contribution >= 0.6 is 0 Å². The van der Waals surface area contributed by atoms with Crippen molar-refractivity contribution in [1.82, 2.24) is 10.3 Å². The lowest BCUT2D eigenvalue weighted by Gasteiger charge is -2.14. The number of hydrogen-bond donors (Lipinski definition) is 1. The molecular weight excluding hydrogens is 260 g/mol. The van der Waals surface area contributed by atoms with Crippen molar-refractivity contribution in [3.8, 4) is 11.6 Å². The average molecular weight is 284 g/mol. The molecule has 0 unspecified atom stereocenters. The fourth-order valence-electron chi connectivity index (χ4n) is 2.10. The van der Waals surface area contributed by atoms with Crippen LogP contribution in [0.3, 0.4) is 0 Å². The highest BCUT2D eigenvalue weighted by atomic mass is 16.5. The topological polar surface area (TPSA) is 34.2 Å². The summed E-state index contributed by atoms with van der Waals surface area (Å²) in [6.07, 6.45) is 1.77. The quantitative estimate of drug-likeness (QED) is 0.853. The van der Waals surface area contributed by atoms with Crippen LogP contribution in [0, 0.1) is 6.92 Å². The highest BCUT2D eigenvalue weighted by Crippen LogP contribution is 2.29. The summed E-state index contributed by atoms with van der Waals surface area (Å²) in [5, 5.41) is 3.31. The Hall–Kier alpha value is -1.87. The van der Waals surface area contributed by atoms with Gasteiger partial charge in [0.1, 0.15) is 5.75 Å². The third kappa shape index (κ3) is 4.05. The number of rotatable bonds is 6. The van der Waals surface area contributed by atoms with Gasteiger partial charge in [-0.05, 0) is 42.6 Å². The Morgan fingerprint density at radius 2 is 2.05 bits per heavy atom. The first-order chi connectivity index (χ1) is 10.1. The second-order valence-corrected chi connectivity index (χ2v) is 5.53. The van der Waals surface area contributed by atoms with Crippen molar-refractivity contribution in [2.24, 2.45) is 0 Å². The van der Waals surface area contributed by atoms with Crippen molar-refractivity contribution in [1.29, 1.82) is 0 Å². The summed E-state index contributed by atoms with van der Waals surface area (Å²) >= 11 is 0. The lowest BCUT2D eigenvalue weighted by Crippen LogP contribution is -2.12. The summed E-state index contributed by atoms with van der Waals surface area (Å²) in [6, 6.07) is 10.4. The molecule has 0 aliphatic rings. The number of nitrogens with one attached hydrogen (secondary N) is 1. The zero-order valence-corrected chi connectivity index (χ0v) is 13.3. The molecule has 0 saturated carbocycles. The van der Waals surface area contributed by atoms with Crippen LogP contribution in [-0.4, -0.2) is 11.5 Å². The molecule has 0 aliphatic heterocycles. The molecule has 21 heavy (non-hydrogen) atoms. The molecule has 112 valence electrons. The summed E-state index contributed by atoms with van der Waals surface area (Å²) in [5.74, 6) is 2.05. The molecule has 0 fully saturated rings. The molecule has 0 amide bonds. The fourth-order valence-corrected chi connectivity index (χ4v) is 2.10. The van der Waals surface area contributed by atoms with E-state index in [9.17, 15) is 0 Å². The van der Waals surface area contributed by atoms with Crippen LogP contribution < -0.4 is 10.1 Å². The summed E-state index contributed by atoms with van der Waals surface area (Å²) < 4.78 is 6.08. The summed E-state index contributed by atoms with van der Waals surface area (Å²) in [4.78, 5) is 4.38. The van der Waals surface area contributed by atoms with E-state index >= 15 is 0 Å². The van der Waals surface area contributed by atoms with Gasteiger partial charge in [-0.1, -0.05) is 39.0 Å².